The zero-order valence-electron chi connectivity index (χ0n) is 17.7. The number of carbonyl (C=O) groups is 2. The van der Waals surface area contributed by atoms with E-state index in [1.165, 1.54) is 4.90 Å². The molecule has 2 amide bonds. The van der Waals surface area contributed by atoms with E-state index in [1.807, 2.05) is 48.5 Å². The number of halogens is 2. The van der Waals surface area contributed by atoms with Crippen molar-refractivity contribution >= 4 is 68.6 Å². The maximum atomic E-state index is 13.2. The largest absolute Gasteiger partial charge is 0.488 e. The molecule has 0 aromatic heterocycles. The summed E-state index contributed by atoms with van der Waals surface area (Å²) in [5.74, 6) is 0.219. The van der Waals surface area contributed by atoms with Crippen LogP contribution in [0, 0.1) is 0 Å². The van der Waals surface area contributed by atoms with Crippen LogP contribution in [0.4, 0.5) is 10.5 Å². The van der Waals surface area contributed by atoms with Gasteiger partial charge in [-0.1, -0.05) is 77.8 Å². The van der Waals surface area contributed by atoms with Gasteiger partial charge in [0.25, 0.3) is 11.1 Å². The quantitative estimate of drug-likeness (QED) is 0.258. The lowest BCUT2D eigenvalue weighted by atomic mass is 10.0. The molecule has 0 aliphatic carbocycles. The number of benzene rings is 4. The zero-order chi connectivity index (χ0) is 23.7. The smallest absolute Gasteiger partial charge is 0.298 e. The van der Waals surface area contributed by atoms with E-state index in [2.05, 4.69) is 0 Å². The maximum Gasteiger partial charge on any atom is 0.298 e. The Bertz CT molecular complexity index is 1450. The summed E-state index contributed by atoms with van der Waals surface area (Å²) in [4.78, 5) is 27.4. The highest BCUT2D eigenvalue weighted by Crippen LogP contribution is 2.39. The lowest BCUT2D eigenvalue weighted by Gasteiger charge is -2.14. The molecule has 7 heteroatoms. The molecule has 0 bridgehead atoms. The average Bonchev–Trinajstić information content (AvgIpc) is 3.12. The number of carbonyl (C=O) groups excluding carboxylic acids is 2. The monoisotopic (exact) mass is 505 g/mol. The molecule has 168 valence electrons. The Labute approximate surface area is 210 Å². The van der Waals surface area contributed by atoms with Gasteiger partial charge in [-0.05, 0) is 58.9 Å². The normalized spacial score (nSPS) is 14.9. The van der Waals surface area contributed by atoms with Gasteiger partial charge in [0, 0.05) is 21.2 Å². The SMILES string of the molecule is O=C1S/C(=C/c2c(OCc3ccc(Cl)cc3Cl)ccc3ccccc23)C(=O)N1c1ccccc1. The molecule has 1 aliphatic heterocycles. The van der Waals surface area contributed by atoms with Crippen molar-refractivity contribution in [1.29, 1.82) is 0 Å². The van der Waals surface area contributed by atoms with Gasteiger partial charge in [-0.25, -0.2) is 4.90 Å². The first-order chi connectivity index (χ1) is 16.5. The summed E-state index contributed by atoms with van der Waals surface area (Å²) in [5.41, 5.74) is 2.05. The van der Waals surface area contributed by atoms with Gasteiger partial charge in [0.2, 0.25) is 0 Å². The molecule has 34 heavy (non-hydrogen) atoms. The summed E-state index contributed by atoms with van der Waals surface area (Å²) >= 11 is 13.2. The van der Waals surface area contributed by atoms with E-state index in [0.717, 1.165) is 33.7 Å². The Kier molecular flexibility index (Phi) is 6.33. The minimum atomic E-state index is -0.360. The average molecular weight is 506 g/mol. The summed E-state index contributed by atoms with van der Waals surface area (Å²) in [6.07, 6.45) is 1.73. The van der Waals surface area contributed by atoms with Gasteiger partial charge >= 0.3 is 0 Å². The molecular weight excluding hydrogens is 489 g/mol. The van der Waals surface area contributed by atoms with E-state index < -0.39 is 0 Å². The molecule has 0 atom stereocenters. The van der Waals surface area contributed by atoms with E-state index in [-0.39, 0.29) is 17.8 Å². The second-order valence-electron chi connectivity index (χ2n) is 7.58. The lowest BCUT2D eigenvalue weighted by molar-refractivity contribution is -0.113. The maximum absolute atomic E-state index is 13.2. The summed E-state index contributed by atoms with van der Waals surface area (Å²) in [7, 11) is 0. The van der Waals surface area contributed by atoms with Crippen molar-refractivity contribution in [2.24, 2.45) is 0 Å². The third-order valence-electron chi connectivity index (χ3n) is 5.41. The number of nitrogens with zero attached hydrogens (tertiary/aromatic N) is 1. The fourth-order valence-electron chi connectivity index (χ4n) is 3.74. The summed E-state index contributed by atoms with van der Waals surface area (Å²) in [5, 5.41) is 2.63. The van der Waals surface area contributed by atoms with E-state index in [1.54, 1.807) is 42.5 Å². The first-order valence-electron chi connectivity index (χ1n) is 10.4. The molecule has 1 aliphatic rings. The van der Waals surface area contributed by atoms with Crippen LogP contribution in [0.1, 0.15) is 11.1 Å². The number of amides is 2. The van der Waals surface area contributed by atoms with Gasteiger partial charge in [-0.15, -0.1) is 0 Å². The van der Waals surface area contributed by atoms with Crippen molar-refractivity contribution in [1.82, 2.24) is 0 Å². The molecule has 0 radical (unpaired) electrons. The van der Waals surface area contributed by atoms with Gasteiger partial charge in [-0.2, -0.15) is 0 Å². The minimum Gasteiger partial charge on any atom is -0.488 e. The topological polar surface area (TPSA) is 46.6 Å². The third kappa shape index (κ3) is 4.42. The Morgan fingerprint density at radius 1 is 0.882 bits per heavy atom. The first-order valence-corrected chi connectivity index (χ1v) is 12.0. The lowest BCUT2D eigenvalue weighted by Crippen LogP contribution is -2.27. The molecule has 0 N–H and O–H groups in total. The van der Waals surface area contributed by atoms with Gasteiger partial charge in [0.1, 0.15) is 12.4 Å². The van der Waals surface area contributed by atoms with Crippen LogP contribution in [0.15, 0.2) is 89.8 Å². The standard InChI is InChI=1S/C27H17Cl2NO3S/c28-19-12-10-18(23(29)14-19)16-33-24-13-11-17-6-4-5-9-21(17)22(24)15-25-26(31)30(27(32)34-25)20-7-2-1-3-8-20/h1-15H,16H2/b25-15+. The summed E-state index contributed by atoms with van der Waals surface area (Å²) in [6.45, 7) is 0.223. The number of ether oxygens (including phenoxy) is 1. The number of hydrogen-bond donors (Lipinski definition) is 0. The van der Waals surface area contributed by atoms with E-state index in [4.69, 9.17) is 27.9 Å². The molecule has 0 saturated carbocycles. The van der Waals surface area contributed by atoms with Crippen LogP contribution in [0.5, 0.6) is 5.75 Å². The van der Waals surface area contributed by atoms with Gasteiger partial charge in [-0.3, -0.25) is 9.59 Å². The third-order valence-corrected chi connectivity index (χ3v) is 6.87. The van der Waals surface area contributed by atoms with Crippen molar-refractivity contribution < 1.29 is 14.3 Å². The van der Waals surface area contributed by atoms with Crippen molar-refractivity contribution in [3.63, 3.8) is 0 Å². The predicted octanol–water partition coefficient (Wildman–Crippen LogP) is 7.97. The van der Waals surface area contributed by atoms with Crippen molar-refractivity contribution in [3.8, 4) is 5.75 Å². The second-order valence-corrected chi connectivity index (χ2v) is 9.41. The molecule has 4 aromatic rings. The number of imide groups is 1. The highest BCUT2D eigenvalue weighted by Gasteiger charge is 2.36. The number of hydrogen-bond acceptors (Lipinski definition) is 4. The van der Waals surface area contributed by atoms with E-state index in [9.17, 15) is 9.59 Å². The number of fused-ring (bicyclic) bond motifs is 1. The van der Waals surface area contributed by atoms with Crippen LogP contribution in [0.25, 0.3) is 16.8 Å². The van der Waals surface area contributed by atoms with Gasteiger partial charge in [0.15, 0.2) is 0 Å². The molecule has 0 unspecified atom stereocenters. The van der Waals surface area contributed by atoms with Crippen LogP contribution in [-0.2, 0) is 11.4 Å². The molecule has 1 fully saturated rings. The fraction of sp³-hybridized carbons (Fsp3) is 0.0370. The number of anilines is 1. The molecular formula is C27H17Cl2NO3S. The molecule has 0 spiro atoms. The second kappa shape index (κ2) is 9.55. The van der Waals surface area contributed by atoms with Crippen molar-refractivity contribution in [2.75, 3.05) is 4.90 Å². The zero-order valence-corrected chi connectivity index (χ0v) is 20.0. The van der Waals surface area contributed by atoms with E-state index in [0.29, 0.717) is 26.4 Å². The summed E-state index contributed by atoms with van der Waals surface area (Å²) in [6, 6.07) is 25.8. The molecule has 1 heterocycles. The summed E-state index contributed by atoms with van der Waals surface area (Å²) < 4.78 is 6.14. The Hall–Kier alpha value is -3.25. The highest BCUT2D eigenvalue weighted by atomic mass is 35.5. The van der Waals surface area contributed by atoms with Crippen LogP contribution >= 0.6 is 35.0 Å². The molecule has 4 aromatic carbocycles. The van der Waals surface area contributed by atoms with Gasteiger partial charge in [0.05, 0.1) is 10.6 Å². The van der Waals surface area contributed by atoms with Crippen LogP contribution in [0.3, 0.4) is 0 Å². The Balaban J connectivity index is 1.53. The fourth-order valence-corrected chi connectivity index (χ4v) is 5.03. The van der Waals surface area contributed by atoms with E-state index >= 15 is 0 Å². The number of thioether (sulfide) groups is 1. The Morgan fingerprint density at radius 2 is 1.65 bits per heavy atom. The number of rotatable bonds is 5. The van der Waals surface area contributed by atoms with Crippen LogP contribution < -0.4 is 9.64 Å². The van der Waals surface area contributed by atoms with Crippen LogP contribution in [-0.4, -0.2) is 11.1 Å². The molecule has 5 rings (SSSR count). The Morgan fingerprint density at radius 3 is 2.44 bits per heavy atom. The van der Waals surface area contributed by atoms with Crippen LogP contribution in [0.2, 0.25) is 10.0 Å². The van der Waals surface area contributed by atoms with Crippen molar-refractivity contribution in [3.05, 3.63) is 111 Å². The molecule has 1 saturated heterocycles. The van der Waals surface area contributed by atoms with Gasteiger partial charge < -0.3 is 4.74 Å². The van der Waals surface area contributed by atoms with Crippen molar-refractivity contribution in [2.45, 2.75) is 6.61 Å². The first kappa shape index (κ1) is 22.5. The molecule has 4 nitrogen and oxygen atoms in total. The minimum absolute atomic E-state index is 0.223. The predicted molar refractivity (Wildman–Crippen MR) is 140 cm³/mol. The highest BCUT2D eigenvalue weighted by molar-refractivity contribution is 8.19. The number of para-hydroxylation sites is 1.